The molecular weight excluding hydrogens is 210 g/mol. The fourth-order valence-corrected chi connectivity index (χ4v) is 1.73. The fraction of sp³-hybridized carbons (Fsp3) is 0.357. The van der Waals surface area contributed by atoms with Crippen LogP contribution in [0.15, 0.2) is 30.6 Å². The highest BCUT2D eigenvalue weighted by Crippen LogP contribution is 2.28. The van der Waals surface area contributed by atoms with Gasteiger partial charge in [0.1, 0.15) is 0 Å². The van der Waals surface area contributed by atoms with Crippen molar-refractivity contribution in [3.05, 3.63) is 30.6 Å². The Bertz CT molecular complexity index is 526. The van der Waals surface area contributed by atoms with E-state index in [1.165, 1.54) is 0 Å². The number of nitrogen functional groups attached to an aromatic ring is 1. The summed E-state index contributed by atoms with van der Waals surface area (Å²) in [5.41, 5.74) is 8.09. The van der Waals surface area contributed by atoms with Crippen LogP contribution >= 0.6 is 0 Å². The third kappa shape index (κ3) is 2.67. The summed E-state index contributed by atoms with van der Waals surface area (Å²) < 4.78 is 0. The zero-order valence-corrected chi connectivity index (χ0v) is 10.6. The summed E-state index contributed by atoms with van der Waals surface area (Å²) in [6.45, 7) is 7.54. The van der Waals surface area contributed by atoms with Gasteiger partial charge in [-0.3, -0.25) is 4.98 Å². The highest BCUT2D eigenvalue weighted by molar-refractivity contribution is 6.00. The van der Waals surface area contributed by atoms with E-state index in [0.717, 1.165) is 28.7 Å². The molecule has 0 amide bonds. The van der Waals surface area contributed by atoms with Crippen molar-refractivity contribution in [2.75, 3.05) is 17.6 Å². The number of nitrogens with one attached hydrogen (secondary N) is 1. The van der Waals surface area contributed by atoms with Gasteiger partial charge in [0.2, 0.25) is 0 Å². The van der Waals surface area contributed by atoms with E-state index in [0.29, 0.717) is 0 Å². The molecular formula is C14H19N3. The van der Waals surface area contributed by atoms with Gasteiger partial charge in [-0.2, -0.15) is 0 Å². The molecule has 1 aromatic heterocycles. The van der Waals surface area contributed by atoms with E-state index in [2.05, 4.69) is 31.1 Å². The first-order valence-corrected chi connectivity index (χ1v) is 5.83. The molecule has 17 heavy (non-hydrogen) atoms. The van der Waals surface area contributed by atoms with E-state index in [-0.39, 0.29) is 5.41 Å². The zero-order chi connectivity index (χ0) is 12.5. The van der Waals surface area contributed by atoms with Gasteiger partial charge >= 0.3 is 0 Å². The lowest BCUT2D eigenvalue weighted by atomic mass is 9.96. The number of hydrogen-bond donors (Lipinski definition) is 2. The van der Waals surface area contributed by atoms with E-state index in [4.69, 9.17) is 5.73 Å². The molecule has 0 aliphatic rings. The van der Waals surface area contributed by atoms with Crippen molar-refractivity contribution in [3.63, 3.8) is 0 Å². The standard InChI is InChI=1S/C14H19N3/c1-14(2,3)9-17-13-5-4-12(15)10-6-7-16-8-11(10)13/h4-8,17H,9,15H2,1-3H3. The van der Waals surface area contributed by atoms with Crippen LogP contribution in [0.1, 0.15) is 20.8 Å². The Balaban J connectivity index is 2.38. The molecule has 0 spiro atoms. The minimum atomic E-state index is 0.246. The first-order chi connectivity index (χ1) is 7.97. The van der Waals surface area contributed by atoms with Gasteiger partial charge in [-0.05, 0) is 23.6 Å². The zero-order valence-electron chi connectivity index (χ0n) is 10.6. The normalized spacial score (nSPS) is 11.7. The predicted octanol–water partition coefficient (Wildman–Crippen LogP) is 3.28. The predicted molar refractivity (Wildman–Crippen MR) is 74.1 cm³/mol. The van der Waals surface area contributed by atoms with Gasteiger partial charge in [0, 0.05) is 41.1 Å². The van der Waals surface area contributed by atoms with Crippen molar-refractivity contribution in [3.8, 4) is 0 Å². The molecule has 0 saturated carbocycles. The molecule has 0 aliphatic carbocycles. The molecule has 1 heterocycles. The monoisotopic (exact) mass is 229 g/mol. The lowest BCUT2D eigenvalue weighted by Crippen LogP contribution is -2.19. The Hall–Kier alpha value is -1.77. The molecule has 0 saturated heterocycles. The second-order valence-electron chi connectivity index (χ2n) is 5.54. The first kappa shape index (κ1) is 11.7. The van der Waals surface area contributed by atoms with Crippen LogP contribution in [0, 0.1) is 5.41 Å². The maximum atomic E-state index is 5.95. The molecule has 3 heteroatoms. The van der Waals surface area contributed by atoms with Gasteiger partial charge in [0.15, 0.2) is 0 Å². The largest absolute Gasteiger partial charge is 0.398 e. The maximum Gasteiger partial charge on any atom is 0.0437 e. The van der Waals surface area contributed by atoms with E-state index in [9.17, 15) is 0 Å². The topological polar surface area (TPSA) is 50.9 Å². The lowest BCUT2D eigenvalue weighted by molar-refractivity contribution is 0.443. The summed E-state index contributed by atoms with van der Waals surface area (Å²) in [5, 5.41) is 5.59. The second-order valence-corrected chi connectivity index (χ2v) is 5.54. The number of hydrogen-bond acceptors (Lipinski definition) is 3. The number of anilines is 2. The van der Waals surface area contributed by atoms with Crippen molar-refractivity contribution in [2.45, 2.75) is 20.8 Å². The molecule has 3 N–H and O–H groups in total. The Labute approximate surface area is 102 Å². The van der Waals surface area contributed by atoms with E-state index in [1.54, 1.807) is 6.20 Å². The molecule has 1 aromatic carbocycles. The number of fused-ring (bicyclic) bond motifs is 1. The second kappa shape index (κ2) is 4.24. The summed E-state index contributed by atoms with van der Waals surface area (Å²) in [4.78, 5) is 4.16. The van der Waals surface area contributed by atoms with Crippen LogP contribution in [0.2, 0.25) is 0 Å². The number of aromatic nitrogens is 1. The average molecular weight is 229 g/mol. The third-order valence-corrected chi connectivity index (χ3v) is 2.66. The number of nitrogens with two attached hydrogens (primary N) is 1. The van der Waals surface area contributed by atoms with Crippen LogP contribution in [0.3, 0.4) is 0 Å². The summed E-state index contributed by atoms with van der Waals surface area (Å²) >= 11 is 0. The first-order valence-electron chi connectivity index (χ1n) is 5.83. The molecule has 0 unspecified atom stereocenters. The summed E-state index contributed by atoms with van der Waals surface area (Å²) in [6, 6.07) is 5.91. The van der Waals surface area contributed by atoms with E-state index < -0.39 is 0 Å². The molecule has 90 valence electrons. The summed E-state index contributed by atoms with van der Waals surface area (Å²) in [5.74, 6) is 0. The maximum absolute atomic E-state index is 5.95. The SMILES string of the molecule is CC(C)(C)CNc1ccc(N)c2ccncc12. The quantitative estimate of drug-likeness (QED) is 0.777. The number of rotatable bonds is 2. The molecule has 2 rings (SSSR count). The van der Waals surface area contributed by atoms with Crippen molar-refractivity contribution in [2.24, 2.45) is 5.41 Å². The fourth-order valence-electron chi connectivity index (χ4n) is 1.73. The average Bonchev–Trinajstić information content (AvgIpc) is 2.27. The lowest BCUT2D eigenvalue weighted by Gasteiger charge is -2.20. The van der Waals surface area contributed by atoms with Gasteiger partial charge in [-0.1, -0.05) is 20.8 Å². The van der Waals surface area contributed by atoms with Crippen LogP contribution in [0.4, 0.5) is 11.4 Å². The number of nitrogens with zero attached hydrogens (tertiary/aromatic N) is 1. The third-order valence-electron chi connectivity index (χ3n) is 2.66. The van der Waals surface area contributed by atoms with Gasteiger partial charge in [-0.15, -0.1) is 0 Å². The van der Waals surface area contributed by atoms with E-state index in [1.807, 2.05) is 24.4 Å². The van der Waals surface area contributed by atoms with Gasteiger partial charge in [0.05, 0.1) is 0 Å². The van der Waals surface area contributed by atoms with E-state index >= 15 is 0 Å². The van der Waals surface area contributed by atoms with Crippen LogP contribution in [-0.2, 0) is 0 Å². The van der Waals surface area contributed by atoms with Crippen molar-refractivity contribution in [1.29, 1.82) is 0 Å². The molecule has 0 atom stereocenters. The van der Waals surface area contributed by atoms with Crippen LogP contribution in [-0.4, -0.2) is 11.5 Å². The van der Waals surface area contributed by atoms with Crippen molar-refractivity contribution >= 4 is 22.1 Å². The Morgan fingerprint density at radius 3 is 2.65 bits per heavy atom. The summed E-state index contributed by atoms with van der Waals surface area (Å²) in [7, 11) is 0. The Morgan fingerprint density at radius 1 is 1.18 bits per heavy atom. The molecule has 2 aromatic rings. The van der Waals surface area contributed by atoms with Gasteiger partial charge < -0.3 is 11.1 Å². The Morgan fingerprint density at radius 2 is 1.94 bits per heavy atom. The van der Waals surface area contributed by atoms with Crippen LogP contribution in [0.5, 0.6) is 0 Å². The van der Waals surface area contributed by atoms with Crippen LogP contribution < -0.4 is 11.1 Å². The Kier molecular flexibility index (Phi) is 2.92. The molecule has 0 fully saturated rings. The summed E-state index contributed by atoms with van der Waals surface area (Å²) in [6.07, 6.45) is 3.63. The molecule has 3 nitrogen and oxygen atoms in total. The van der Waals surface area contributed by atoms with Gasteiger partial charge in [0.25, 0.3) is 0 Å². The molecule has 0 bridgehead atoms. The number of pyridine rings is 1. The van der Waals surface area contributed by atoms with Crippen molar-refractivity contribution < 1.29 is 0 Å². The van der Waals surface area contributed by atoms with Crippen LogP contribution in [0.25, 0.3) is 10.8 Å². The number of benzene rings is 1. The van der Waals surface area contributed by atoms with Crippen molar-refractivity contribution in [1.82, 2.24) is 4.98 Å². The minimum Gasteiger partial charge on any atom is -0.398 e. The minimum absolute atomic E-state index is 0.246. The molecule has 0 aliphatic heterocycles. The van der Waals surface area contributed by atoms with Gasteiger partial charge in [-0.25, -0.2) is 0 Å². The highest BCUT2D eigenvalue weighted by Gasteiger charge is 2.11. The molecule has 0 radical (unpaired) electrons. The highest BCUT2D eigenvalue weighted by atomic mass is 14.9. The smallest absolute Gasteiger partial charge is 0.0437 e.